The maximum Gasteiger partial charge on any atom is 0.290 e. The zero-order valence-corrected chi connectivity index (χ0v) is 4.79. The minimum atomic E-state index is -0.503. The molecule has 2 radical (unpaired) electrons. The smallest absolute Gasteiger partial charge is 0.290 e. The Kier molecular flexibility index (Phi) is 1.35. The van der Waals surface area contributed by atoms with E-state index >= 15 is 0 Å². The summed E-state index contributed by atoms with van der Waals surface area (Å²) in [6.45, 7) is 2.44. The summed E-state index contributed by atoms with van der Waals surface area (Å²) >= 11 is 0. The normalized spacial score (nSPS) is 19.0. The molecular formula is C4H5N3O2. The number of hydrogen-bond donors (Lipinski definition) is 1. The summed E-state index contributed by atoms with van der Waals surface area (Å²) in [7, 11) is 1.63. The molecule has 0 spiro atoms. The summed E-state index contributed by atoms with van der Waals surface area (Å²) in [5.74, 6) is 0. The number of nitro groups is 1. The molecule has 9 heavy (non-hydrogen) atoms. The lowest BCUT2D eigenvalue weighted by molar-refractivity contribution is -0.422. The molecule has 0 aromatic carbocycles. The molecule has 0 amide bonds. The Morgan fingerprint density at radius 2 is 2.67 bits per heavy atom. The maximum absolute atomic E-state index is 9.96. The van der Waals surface area contributed by atoms with E-state index in [0.29, 0.717) is 0 Å². The van der Waals surface area contributed by atoms with Gasteiger partial charge in [0, 0.05) is 7.05 Å². The van der Waals surface area contributed by atoms with Crippen LogP contribution < -0.4 is 5.43 Å². The van der Waals surface area contributed by atoms with Crippen molar-refractivity contribution in [2.45, 2.75) is 0 Å². The monoisotopic (exact) mass is 127 g/mol. The molecule has 1 rings (SSSR count). The predicted molar refractivity (Wildman–Crippen MR) is 29.2 cm³/mol. The summed E-state index contributed by atoms with van der Waals surface area (Å²) in [6.07, 6.45) is 1.28. The van der Waals surface area contributed by atoms with Crippen molar-refractivity contribution >= 4 is 0 Å². The van der Waals surface area contributed by atoms with Gasteiger partial charge in [-0.2, -0.15) is 0 Å². The number of nitrogens with zero attached hydrogens (tertiary/aromatic N) is 2. The van der Waals surface area contributed by atoms with Gasteiger partial charge in [0.15, 0.2) is 6.54 Å². The molecule has 0 fully saturated rings. The fraction of sp³-hybridized carbons (Fsp3) is 0.250. The lowest BCUT2D eigenvalue weighted by atomic mass is 10.5. The third-order valence-electron chi connectivity index (χ3n) is 0.874. The maximum atomic E-state index is 9.96. The Bertz CT molecular complexity index is 165. The fourth-order valence-corrected chi connectivity index (χ4v) is 0.488. The second kappa shape index (κ2) is 2.02. The molecule has 48 valence electrons. The van der Waals surface area contributed by atoms with E-state index in [1.54, 1.807) is 7.05 Å². The Morgan fingerprint density at radius 3 is 2.89 bits per heavy atom. The molecule has 5 nitrogen and oxygen atoms in total. The van der Waals surface area contributed by atoms with Crippen molar-refractivity contribution in [1.82, 2.24) is 10.4 Å². The molecule has 0 unspecified atom stereocenters. The Balaban J connectivity index is 2.55. The van der Waals surface area contributed by atoms with E-state index in [-0.39, 0.29) is 5.70 Å². The van der Waals surface area contributed by atoms with Gasteiger partial charge in [0.2, 0.25) is 0 Å². The summed E-state index contributed by atoms with van der Waals surface area (Å²) in [5.41, 5.74) is 2.53. The second-order valence-electron chi connectivity index (χ2n) is 1.59. The lowest BCUT2D eigenvalue weighted by Crippen LogP contribution is -2.21. The van der Waals surface area contributed by atoms with Crippen LogP contribution in [0.4, 0.5) is 0 Å². The van der Waals surface area contributed by atoms with Crippen LogP contribution >= 0.6 is 0 Å². The first kappa shape index (κ1) is 6.03. The van der Waals surface area contributed by atoms with E-state index in [9.17, 15) is 10.1 Å². The van der Waals surface area contributed by atoms with Gasteiger partial charge in [-0.05, 0) is 0 Å². The van der Waals surface area contributed by atoms with E-state index in [2.05, 4.69) is 12.0 Å². The molecule has 5 heteroatoms. The molecule has 0 saturated carbocycles. The standard InChI is InChI=1S/C4H5N3O2/c1-6-3-4(2-5-6)7(8)9/h2,5H,1H3. The van der Waals surface area contributed by atoms with Crippen LogP contribution in [0.3, 0.4) is 0 Å². The van der Waals surface area contributed by atoms with Crippen molar-refractivity contribution < 1.29 is 4.92 Å². The first-order valence-electron chi connectivity index (χ1n) is 2.31. The molecule has 0 bridgehead atoms. The van der Waals surface area contributed by atoms with E-state index in [1.165, 1.54) is 11.2 Å². The number of rotatable bonds is 1. The molecule has 0 aromatic rings. The van der Waals surface area contributed by atoms with E-state index in [1.807, 2.05) is 0 Å². The van der Waals surface area contributed by atoms with Crippen LogP contribution in [0, 0.1) is 16.7 Å². The molecule has 1 aliphatic heterocycles. The molecule has 0 saturated heterocycles. The average molecular weight is 127 g/mol. The van der Waals surface area contributed by atoms with Gasteiger partial charge in [0.25, 0.3) is 5.70 Å². The van der Waals surface area contributed by atoms with E-state index in [4.69, 9.17) is 0 Å². The van der Waals surface area contributed by atoms with Crippen LogP contribution in [0.25, 0.3) is 0 Å². The van der Waals surface area contributed by atoms with Crippen molar-refractivity contribution in [3.8, 4) is 0 Å². The van der Waals surface area contributed by atoms with Gasteiger partial charge in [-0.15, -0.1) is 0 Å². The quantitative estimate of drug-likeness (QED) is 0.384. The van der Waals surface area contributed by atoms with Gasteiger partial charge >= 0.3 is 0 Å². The van der Waals surface area contributed by atoms with Gasteiger partial charge in [0.1, 0.15) is 0 Å². The predicted octanol–water partition coefficient (Wildman–Crippen LogP) is -0.407. The van der Waals surface area contributed by atoms with Gasteiger partial charge < -0.3 is 5.43 Å². The minimum Gasteiger partial charge on any atom is -0.319 e. The van der Waals surface area contributed by atoms with Crippen molar-refractivity contribution in [3.05, 3.63) is 28.6 Å². The van der Waals surface area contributed by atoms with Gasteiger partial charge in [-0.3, -0.25) is 10.1 Å². The topological polar surface area (TPSA) is 58.4 Å². The van der Waals surface area contributed by atoms with E-state index < -0.39 is 4.92 Å². The van der Waals surface area contributed by atoms with Gasteiger partial charge in [0.05, 0.1) is 11.1 Å². The second-order valence-corrected chi connectivity index (χ2v) is 1.59. The highest BCUT2D eigenvalue weighted by Crippen LogP contribution is 2.06. The Hall–Kier alpha value is -1.10. The molecule has 0 aliphatic carbocycles. The van der Waals surface area contributed by atoms with E-state index in [0.717, 1.165) is 0 Å². The largest absolute Gasteiger partial charge is 0.319 e. The third kappa shape index (κ3) is 1.17. The van der Waals surface area contributed by atoms with Crippen LogP contribution in [-0.4, -0.2) is 17.0 Å². The van der Waals surface area contributed by atoms with Crippen molar-refractivity contribution in [1.29, 1.82) is 0 Å². The van der Waals surface area contributed by atoms with Crippen LogP contribution in [-0.2, 0) is 0 Å². The fourth-order valence-electron chi connectivity index (χ4n) is 0.488. The van der Waals surface area contributed by atoms with Crippen LogP contribution in [0.1, 0.15) is 0 Å². The first-order valence-corrected chi connectivity index (χ1v) is 2.31. The Morgan fingerprint density at radius 1 is 2.00 bits per heavy atom. The highest BCUT2D eigenvalue weighted by Gasteiger charge is 2.20. The summed E-state index contributed by atoms with van der Waals surface area (Å²) in [5, 5.41) is 11.3. The third-order valence-corrected chi connectivity index (χ3v) is 0.874. The Labute approximate surface area is 52.1 Å². The minimum absolute atomic E-state index is 0.0440. The number of likely N-dealkylation sites (N-methyl/N-ethyl adjacent to an activating group) is 1. The zero-order valence-electron chi connectivity index (χ0n) is 4.79. The summed E-state index contributed by atoms with van der Waals surface area (Å²) in [4.78, 5) is 9.45. The molecule has 0 aromatic heterocycles. The molecule has 1 heterocycles. The average Bonchev–Trinajstić information content (AvgIpc) is 2.14. The van der Waals surface area contributed by atoms with Crippen LogP contribution in [0.5, 0.6) is 0 Å². The van der Waals surface area contributed by atoms with Gasteiger partial charge in [-0.1, -0.05) is 0 Å². The molecule has 0 atom stereocenters. The van der Waals surface area contributed by atoms with Crippen molar-refractivity contribution in [2.24, 2.45) is 0 Å². The number of hydrazine groups is 1. The summed E-state index contributed by atoms with van der Waals surface area (Å²) < 4.78 is 0. The van der Waals surface area contributed by atoms with Crippen molar-refractivity contribution in [2.75, 3.05) is 7.05 Å². The highest BCUT2D eigenvalue weighted by atomic mass is 16.6. The molecule has 1 N–H and O–H groups in total. The first-order chi connectivity index (χ1) is 4.20. The van der Waals surface area contributed by atoms with Crippen LogP contribution in [0.2, 0.25) is 0 Å². The highest BCUT2D eigenvalue weighted by molar-refractivity contribution is 5.06. The molecule has 1 aliphatic rings. The lowest BCUT2D eigenvalue weighted by Gasteiger charge is -2.01. The van der Waals surface area contributed by atoms with Gasteiger partial charge in [-0.25, -0.2) is 5.01 Å². The SMILES string of the molecule is CN1[C]C([N+](=O)[O-])=CN1. The van der Waals surface area contributed by atoms with Crippen molar-refractivity contribution in [3.63, 3.8) is 0 Å². The number of hydrogen-bond acceptors (Lipinski definition) is 4. The summed E-state index contributed by atoms with van der Waals surface area (Å²) in [6, 6.07) is 0. The van der Waals surface area contributed by atoms with Crippen LogP contribution in [0.15, 0.2) is 11.9 Å². The number of nitrogens with one attached hydrogen (secondary N) is 1. The zero-order chi connectivity index (χ0) is 6.85. The molecular weight excluding hydrogens is 122 g/mol.